The number of ether oxygens (including phenoxy) is 1. The maximum absolute atomic E-state index is 5.40. The number of thiazole rings is 1. The summed E-state index contributed by atoms with van der Waals surface area (Å²) in [6.45, 7) is 13.9. The van der Waals surface area contributed by atoms with Crippen LogP contribution in [0.4, 0.5) is 0 Å². The standard InChI is InChI=1S/C17H31N5OS/c1-4-18-17(19-6-5-16-20-12-15(3)24-16)21-11-14(2)13-22-7-9-23-10-8-22/h12,14H,4-11,13H2,1-3H3,(H2,18,19,21). The molecular weight excluding hydrogens is 322 g/mol. The largest absolute Gasteiger partial charge is 0.379 e. The van der Waals surface area contributed by atoms with Crippen molar-refractivity contribution in [3.05, 3.63) is 16.1 Å². The maximum atomic E-state index is 5.40. The highest BCUT2D eigenvalue weighted by molar-refractivity contribution is 7.11. The third kappa shape index (κ3) is 7.15. The summed E-state index contributed by atoms with van der Waals surface area (Å²) in [6.07, 6.45) is 2.87. The Labute approximate surface area is 149 Å². The highest BCUT2D eigenvalue weighted by Gasteiger charge is 2.13. The number of nitrogens with zero attached hydrogens (tertiary/aromatic N) is 3. The van der Waals surface area contributed by atoms with Gasteiger partial charge in [-0.05, 0) is 19.8 Å². The Morgan fingerprint density at radius 3 is 2.88 bits per heavy atom. The molecule has 2 N–H and O–H groups in total. The SMILES string of the molecule is CCNC(=NCC(C)CN1CCOCC1)NCCc1ncc(C)s1. The molecule has 0 saturated carbocycles. The van der Waals surface area contributed by atoms with E-state index in [0.29, 0.717) is 5.92 Å². The summed E-state index contributed by atoms with van der Waals surface area (Å²) >= 11 is 1.76. The fraction of sp³-hybridized carbons (Fsp3) is 0.765. The Balaban J connectivity index is 1.72. The molecule has 0 aromatic carbocycles. The molecule has 2 rings (SSSR count). The van der Waals surface area contributed by atoms with E-state index in [2.05, 4.69) is 41.3 Å². The second kappa shape index (κ2) is 10.6. The Morgan fingerprint density at radius 2 is 2.21 bits per heavy atom. The van der Waals surface area contributed by atoms with Crippen LogP contribution in [0.5, 0.6) is 0 Å². The smallest absolute Gasteiger partial charge is 0.191 e. The van der Waals surface area contributed by atoms with E-state index in [1.807, 2.05) is 6.20 Å². The van der Waals surface area contributed by atoms with Crippen LogP contribution in [0.3, 0.4) is 0 Å². The van der Waals surface area contributed by atoms with Gasteiger partial charge < -0.3 is 15.4 Å². The van der Waals surface area contributed by atoms with Crippen LogP contribution in [0, 0.1) is 12.8 Å². The van der Waals surface area contributed by atoms with Crippen LogP contribution in [0.2, 0.25) is 0 Å². The van der Waals surface area contributed by atoms with Gasteiger partial charge in [-0.3, -0.25) is 9.89 Å². The molecular formula is C17H31N5OS. The van der Waals surface area contributed by atoms with Gasteiger partial charge in [-0.1, -0.05) is 6.92 Å². The molecule has 0 amide bonds. The summed E-state index contributed by atoms with van der Waals surface area (Å²) in [4.78, 5) is 12.9. The predicted octanol–water partition coefficient (Wildman–Crippen LogP) is 1.52. The number of hydrogen-bond acceptors (Lipinski definition) is 5. The average molecular weight is 354 g/mol. The number of rotatable bonds is 8. The van der Waals surface area contributed by atoms with Crippen molar-refractivity contribution in [2.75, 3.05) is 52.5 Å². The van der Waals surface area contributed by atoms with Gasteiger partial charge in [0.2, 0.25) is 0 Å². The summed E-state index contributed by atoms with van der Waals surface area (Å²) < 4.78 is 5.40. The molecule has 1 saturated heterocycles. The van der Waals surface area contributed by atoms with Gasteiger partial charge in [-0.2, -0.15) is 0 Å². The lowest BCUT2D eigenvalue weighted by Gasteiger charge is -2.28. The van der Waals surface area contributed by atoms with Crippen molar-refractivity contribution in [1.82, 2.24) is 20.5 Å². The molecule has 1 fully saturated rings. The Bertz CT molecular complexity index is 499. The molecule has 1 aliphatic rings. The molecule has 1 unspecified atom stereocenters. The first-order valence-corrected chi connectivity index (χ1v) is 9.72. The van der Waals surface area contributed by atoms with E-state index in [9.17, 15) is 0 Å². The van der Waals surface area contributed by atoms with E-state index in [1.54, 1.807) is 11.3 Å². The van der Waals surface area contributed by atoms with E-state index in [-0.39, 0.29) is 0 Å². The lowest BCUT2D eigenvalue weighted by atomic mass is 10.1. The number of morpholine rings is 1. The topological polar surface area (TPSA) is 61.8 Å². The van der Waals surface area contributed by atoms with Crippen LogP contribution >= 0.6 is 11.3 Å². The van der Waals surface area contributed by atoms with E-state index in [0.717, 1.165) is 64.9 Å². The minimum Gasteiger partial charge on any atom is -0.379 e. The van der Waals surface area contributed by atoms with Crippen molar-refractivity contribution in [1.29, 1.82) is 0 Å². The quantitative estimate of drug-likeness (QED) is 0.548. The molecule has 6 nitrogen and oxygen atoms in total. The highest BCUT2D eigenvalue weighted by atomic mass is 32.1. The highest BCUT2D eigenvalue weighted by Crippen LogP contribution is 2.10. The normalized spacial score (nSPS) is 17.7. The number of nitrogens with one attached hydrogen (secondary N) is 2. The average Bonchev–Trinajstić information content (AvgIpc) is 2.99. The Morgan fingerprint density at radius 1 is 1.42 bits per heavy atom. The summed E-state index contributed by atoms with van der Waals surface area (Å²) in [5.41, 5.74) is 0. The third-order valence-electron chi connectivity index (χ3n) is 3.88. The van der Waals surface area contributed by atoms with Crippen LogP contribution in [-0.2, 0) is 11.2 Å². The minimum absolute atomic E-state index is 0.542. The zero-order valence-electron chi connectivity index (χ0n) is 15.2. The summed E-state index contributed by atoms with van der Waals surface area (Å²) in [5, 5.41) is 7.91. The monoisotopic (exact) mass is 353 g/mol. The zero-order valence-corrected chi connectivity index (χ0v) is 16.0. The second-order valence-corrected chi connectivity index (χ2v) is 7.60. The van der Waals surface area contributed by atoms with E-state index < -0.39 is 0 Å². The van der Waals surface area contributed by atoms with Crippen molar-refractivity contribution >= 4 is 17.3 Å². The van der Waals surface area contributed by atoms with E-state index in [4.69, 9.17) is 9.73 Å². The molecule has 24 heavy (non-hydrogen) atoms. The Hall–Kier alpha value is -1.18. The van der Waals surface area contributed by atoms with Gasteiger partial charge in [0.05, 0.1) is 18.2 Å². The molecule has 7 heteroatoms. The van der Waals surface area contributed by atoms with Crippen LogP contribution < -0.4 is 10.6 Å². The minimum atomic E-state index is 0.542. The lowest BCUT2D eigenvalue weighted by molar-refractivity contribution is 0.0323. The third-order valence-corrected chi connectivity index (χ3v) is 4.85. The van der Waals surface area contributed by atoms with Crippen molar-refractivity contribution in [3.63, 3.8) is 0 Å². The fourth-order valence-electron chi connectivity index (χ4n) is 2.68. The number of hydrogen-bond donors (Lipinski definition) is 2. The van der Waals surface area contributed by atoms with Crippen LogP contribution in [0.25, 0.3) is 0 Å². The molecule has 0 radical (unpaired) electrons. The zero-order chi connectivity index (χ0) is 17.2. The molecule has 0 spiro atoms. The van der Waals surface area contributed by atoms with Gasteiger partial charge in [-0.15, -0.1) is 11.3 Å². The molecule has 136 valence electrons. The number of guanidine groups is 1. The van der Waals surface area contributed by atoms with Gasteiger partial charge >= 0.3 is 0 Å². The maximum Gasteiger partial charge on any atom is 0.191 e. The van der Waals surface area contributed by atoms with Crippen LogP contribution in [0.1, 0.15) is 23.7 Å². The second-order valence-electron chi connectivity index (χ2n) is 6.28. The fourth-order valence-corrected chi connectivity index (χ4v) is 3.46. The van der Waals surface area contributed by atoms with Gasteiger partial charge in [0.25, 0.3) is 0 Å². The summed E-state index contributed by atoms with van der Waals surface area (Å²) in [7, 11) is 0. The van der Waals surface area contributed by atoms with Crippen molar-refractivity contribution in [2.45, 2.75) is 27.2 Å². The predicted molar refractivity (Wildman–Crippen MR) is 101 cm³/mol. The van der Waals surface area contributed by atoms with Crippen molar-refractivity contribution in [3.8, 4) is 0 Å². The molecule has 1 aliphatic heterocycles. The van der Waals surface area contributed by atoms with Gasteiger partial charge in [0, 0.05) is 56.8 Å². The number of aryl methyl sites for hydroxylation is 1. The summed E-state index contributed by atoms with van der Waals surface area (Å²) in [6, 6.07) is 0. The molecule has 1 aromatic rings. The molecule has 1 aromatic heterocycles. The van der Waals surface area contributed by atoms with E-state index >= 15 is 0 Å². The Kier molecular flexibility index (Phi) is 8.49. The first-order chi connectivity index (χ1) is 11.7. The van der Waals surface area contributed by atoms with Gasteiger partial charge in [0.1, 0.15) is 0 Å². The van der Waals surface area contributed by atoms with Gasteiger partial charge in [0.15, 0.2) is 5.96 Å². The van der Waals surface area contributed by atoms with Crippen molar-refractivity contribution < 1.29 is 4.74 Å². The molecule has 1 atom stereocenters. The van der Waals surface area contributed by atoms with E-state index in [1.165, 1.54) is 9.88 Å². The molecule has 2 heterocycles. The van der Waals surface area contributed by atoms with Gasteiger partial charge in [-0.25, -0.2) is 4.98 Å². The van der Waals surface area contributed by atoms with Crippen LogP contribution in [0.15, 0.2) is 11.2 Å². The number of aromatic nitrogens is 1. The first kappa shape index (κ1) is 19.1. The van der Waals surface area contributed by atoms with Crippen molar-refractivity contribution in [2.24, 2.45) is 10.9 Å². The molecule has 0 bridgehead atoms. The summed E-state index contributed by atoms with van der Waals surface area (Å²) in [5.74, 6) is 1.44. The number of aliphatic imine (C=N–C) groups is 1. The lowest BCUT2D eigenvalue weighted by Crippen LogP contribution is -2.40. The van der Waals surface area contributed by atoms with Crippen LogP contribution in [-0.4, -0.2) is 68.3 Å². The molecule has 0 aliphatic carbocycles. The first-order valence-electron chi connectivity index (χ1n) is 8.91.